The van der Waals surface area contributed by atoms with E-state index in [9.17, 15) is 30.8 Å². The van der Waals surface area contributed by atoms with Crippen molar-refractivity contribution in [2.24, 2.45) is 10.7 Å². The third-order valence-electron chi connectivity index (χ3n) is 5.78. The SMILES string of the molecule is CN1C(N)=N[C@@]2(C3=CC(NC(=O)c4ccc(C(F)(F)F)cn4)CC=C3F)COC[C@H]2S1(=O)=O. The molecule has 0 radical (unpaired) electrons. The summed E-state index contributed by atoms with van der Waals surface area (Å²) in [5.74, 6) is -1.83. The van der Waals surface area contributed by atoms with E-state index in [4.69, 9.17) is 10.5 Å². The summed E-state index contributed by atoms with van der Waals surface area (Å²) in [4.78, 5) is 20.3. The topological polar surface area (TPSA) is 127 Å². The number of hydrogen-bond acceptors (Lipinski definition) is 7. The van der Waals surface area contributed by atoms with Crippen molar-refractivity contribution in [1.82, 2.24) is 14.6 Å². The van der Waals surface area contributed by atoms with Crippen LogP contribution >= 0.6 is 0 Å². The Morgan fingerprint density at radius 2 is 2.09 bits per heavy atom. The predicted molar refractivity (Wildman–Crippen MR) is 108 cm³/mol. The van der Waals surface area contributed by atoms with E-state index in [1.807, 2.05) is 0 Å². The van der Waals surface area contributed by atoms with Gasteiger partial charge in [-0.3, -0.25) is 9.78 Å². The molecule has 1 saturated heterocycles. The number of aromatic nitrogens is 1. The van der Waals surface area contributed by atoms with Gasteiger partial charge in [0.2, 0.25) is 16.0 Å². The third-order valence-corrected chi connectivity index (χ3v) is 7.98. The smallest absolute Gasteiger partial charge is 0.377 e. The van der Waals surface area contributed by atoms with E-state index in [1.165, 1.54) is 19.2 Å². The van der Waals surface area contributed by atoms with Gasteiger partial charge in [0.1, 0.15) is 22.3 Å². The second kappa shape index (κ2) is 7.80. The van der Waals surface area contributed by atoms with E-state index in [0.717, 1.165) is 16.4 Å². The zero-order chi connectivity index (χ0) is 24.2. The number of carbonyl (C=O) groups excluding carboxylic acids is 1. The van der Waals surface area contributed by atoms with E-state index < -0.39 is 50.3 Å². The average Bonchev–Trinajstić information content (AvgIpc) is 3.19. The fourth-order valence-corrected chi connectivity index (χ4v) is 5.67. The first kappa shape index (κ1) is 23.2. The number of halogens is 4. The molecule has 9 nitrogen and oxygen atoms in total. The highest BCUT2D eigenvalue weighted by molar-refractivity contribution is 7.90. The van der Waals surface area contributed by atoms with Crippen LogP contribution in [0.4, 0.5) is 17.6 Å². The van der Waals surface area contributed by atoms with Gasteiger partial charge in [0.15, 0.2) is 0 Å². The Bertz CT molecular complexity index is 1180. The Hall–Kier alpha value is -3.00. The van der Waals surface area contributed by atoms with Gasteiger partial charge >= 0.3 is 6.18 Å². The van der Waals surface area contributed by atoms with Crippen molar-refractivity contribution < 1.29 is 35.5 Å². The quantitative estimate of drug-likeness (QED) is 0.613. The van der Waals surface area contributed by atoms with E-state index in [1.54, 1.807) is 0 Å². The van der Waals surface area contributed by atoms with Crippen LogP contribution in [0.3, 0.4) is 0 Å². The van der Waals surface area contributed by atoms with Gasteiger partial charge in [0, 0.05) is 18.8 Å². The summed E-state index contributed by atoms with van der Waals surface area (Å²) in [6.07, 6.45) is -1.54. The summed E-state index contributed by atoms with van der Waals surface area (Å²) in [6, 6.07) is 0.852. The molecule has 1 aromatic rings. The molecule has 4 rings (SSSR count). The Kier molecular flexibility index (Phi) is 5.47. The molecular formula is C19H19F4N5O4S. The van der Waals surface area contributed by atoms with E-state index >= 15 is 0 Å². The summed E-state index contributed by atoms with van der Waals surface area (Å²) in [7, 11) is -2.76. The molecule has 33 heavy (non-hydrogen) atoms. The standard InChI is InChI=1S/C19H19F4N5O4S/c1-28-17(24)27-18(9-32-8-15(18)33(28,30)31)12-6-11(3-4-13(12)20)26-16(29)14-5-2-10(7-25-14)19(21,22)23/h2,4-7,11,15H,3,8-9H2,1H3,(H2,24,27)(H,26,29)/t11?,15-,18-/m1/s1. The van der Waals surface area contributed by atoms with Gasteiger partial charge < -0.3 is 15.8 Å². The van der Waals surface area contributed by atoms with Crippen LogP contribution < -0.4 is 11.1 Å². The molecule has 0 bridgehead atoms. The molecule has 3 N–H and O–H groups in total. The zero-order valence-corrected chi connectivity index (χ0v) is 18.0. The van der Waals surface area contributed by atoms with Crippen LogP contribution in [0.25, 0.3) is 0 Å². The van der Waals surface area contributed by atoms with Crippen molar-refractivity contribution in [3.05, 3.63) is 53.1 Å². The average molecular weight is 489 g/mol. The molecule has 1 aliphatic carbocycles. The lowest BCUT2D eigenvalue weighted by Crippen LogP contribution is -2.59. The van der Waals surface area contributed by atoms with E-state index in [2.05, 4.69) is 15.3 Å². The molecule has 0 saturated carbocycles. The lowest BCUT2D eigenvalue weighted by Gasteiger charge is -2.39. The molecule has 178 valence electrons. The number of nitrogens with zero attached hydrogens (tertiary/aromatic N) is 3. The number of amides is 1. The van der Waals surface area contributed by atoms with Crippen molar-refractivity contribution in [3.63, 3.8) is 0 Å². The monoisotopic (exact) mass is 489 g/mol. The first-order valence-corrected chi connectivity index (χ1v) is 11.2. The number of hydrogen-bond donors (Lipinski definition) is 2. The normalized spacial score (nSPS) is 29.0. The van der Waals surface area contributed by atoms with Crippen LogP contribution in [0.2, 0.25) is 0 Å². The minimum atomic E-state index is -4.60. The lowest BCUT2D eigenvalue weighted by molar-refractivity contribution is -0.137. The highest BCUT2D eigenvalue weighted by atomic mass is 32.2. The number of carbonyl (C=O) groups is 1. The maximum Gasteiger partial charge on any atom is 0.417 e. The number of fused-ring (bicyclic) bond motifs is 1. The number of pyridine rings is 1. The number of rotatable bonds is 3. The lowest BCUT2D eigenvalue weighted by atomic mass is 9.83. The molecular weight excluding hydrogens is 470 g/mol. The molecule has 0 spiro atoms. The number of guanidine groups is 1. The van der Waals surface area contributed by atoms with Gasteiger partial charge in [-0.25, -0.2) is 22.1 Å². The Balaban J connectivity index is 1.63. The van der Waals surface area contributed by atoms with Crippen LogP contribution in [0, 0.1) is 0 Å². The molecule has 3 heterocycles. The fourth-order valence-electron chi connectivity index (χ4n) is 3.98. The molecule has 3 aliphatic rings. The third kappa shape index (κ3) is 3.86. The first-order chi connectivity index (χ1) is 15.4. The summed E-state index contributed by atoms with van der Waals surface area (Å²) in [6.45, 7) is -0.458. The van der Waals surface area contributed by atoms with E-state index in [-0.39, 0.29) is 36.9 Å². The summed E-state index contributed by atoms with van der Waals surface area (Å²) in [5.41, 5.74) is 2.79. The Morgan fingerprint density at radius 3 is 2.73 bits per heavy atom. The van der Waals surface area contributed by atoms with Crippen molar-refractivity contribution in [2.45, 2.75) is 29.4 Å². The molecule has 2 aliphatic heterocycles. The highest BCUT2D eigenvalue weighted by Gasteiger charge is 2.59. The molecule has 14 heteroatoms. The van der Waals surface area contributed by atoms with Gasteiger partial charge in [-0.15, -0.1) is 0 Å². The van der Waals surface area contributed by atoms with Crippen LogP contribution in [0.5, 0.6) is 0 Å². The maximum atomic E-state index is 14.9. The number of aliphatic imine (C=N–C) groups is 1. The minimum Gasteiger partial charge on any atom is -0.377 e. The Morgan fingerprint density at radius 1 is 1.36 bits per heavy atom. The van der Waals surface area contributed by atoms with Crippen LogP contribution in [0.1, 0.15) is 22.5 Å². The predicted octanol–water partition coefficient (Wildman–Crippen LogP) is 1.11. The number of nitrogens with one attached hydrogen (secondary N) is 1. The number of nitrogens with two attached hydrogens (primary N) is 1. The first-order valence-electron chi connectivity index (χ1n) is 9.69. The largest absolute Gasteiger partial charge is 0.417 e. The Labute approximate surface area is 186 Å². The highest BCUT2D eigenvalue weighted by Crippen LogP contribution is 2.44. The molecule has 1 fully saturated rings. The van der Waals surface area contributed by atoms with Crippen LogP contribution in [-0.2, 0) is 20.9 Å². The zero-order valence-electron chi connectivity index (χ0n) is 17.1. The molecule has 0 aromatic carbocycles. The minimum absolute atomic E-state index is 0.0230. The van der Waals surface area contributed by atoms with Gasteiger partial charge in [0.25, 0.3) is 5.91 Å². The van der Waals surface area contributed by atoms with Gasteiger partial charge in [0.05, 0.1) is 24.8 Å². The molecule has 1 aromatic heterocycles. The van der Waals surface area contributed by atoms with Crippen LogP contribution in [-0.4, -0.2) is 66.7 Å². The molecule has 1 amide bonds. The molecule has 3 atom stereocenters. The van der Waals surface area contributed by atoms with Crippen LogP contribution in [0.15, 0.2) is 46.9 Å². The van der Waals surface area contributed by atoms with Crippen molar-refractivity contribution >= 4 is 21.9 Å². The number of ether oxygens (including phenoxy) is 1. The molecule has 1 unspecified atom stereocenters. The van der Waals surface area contributed by atoms with Gasteiger partial charge in [-0.1, -0.05) is 6.08 Å². The fraction of sp³-hybridized carbons (Fsp3) is 0.421. The summed E-state index contributed by atoms with van der Waals surface area (Å²) >= 11 is 0. The van der Waals surface area contributed by atoms with Crippen molar-refractivity contribution in [3.8, 4) is 0 Å². The van der Waals surface area contributed by atoms with Gasteiger partial charge in [-0.2, -0.15) is 13.2 Å². The number of alkyl halides is 3. The second-order valence-electron chi connectivity index (χ2n) is 7.79. The van der Waals surface area contributed by atoms with E-state index in [0.29, 0.717) is 6.20 Å². The van der Waals surface area contributed by atoms with Crippen molar-refractivity contribution in [1.29, 1.82) is 0 Å². The van der Waals surface area contributed by atoms with Gasteiger partial charge in [-0.05, 0) is 24.6 Å². The van der Waals surface area contributed by atoms with Crippen molar-refractivity contribution in [2.75, 3.05) is 20.3 Å². The summed E-state index contributed by atoms with van der Waals surface area (Å²) < 4.78 is 84.9. The number of sulfonamides is 1. The summed E-state index contributed by atoms with van der Waals surface area (Å²) in [5, 5.41) is 1.33. The second-order valence-corrected chi connectivity index (χ2v) is 9.94. The maximum absolute atomic E-state index is 14.9.